The Kier molecular flexibility index (Phi) is 5.09. The standard InChI is InChI=1S/C24H24N6O4/c1-33-17-9-7-16(8-10-17)30-20-18(19(27-30)22(26)31)24(11-12-24)13-29(23(20)32)15-5-3-14(4-6-15)21(25)28-34-2/h3-10H,11-13H2,1-2H3,(H2,25,28)(H2,26,31). The Bertz CT molecular complexity index is 1290. The predicted octanol–water partition coefficient (Wildman–Crippen LogP) is 2.15. The van der Waals surface area contributed by atoms with Crippen LogP contribution in [-0.2, 0) is 10.3 Å². The first kappa shape index (κ1) is 21.7. The first-order valence-electron chi connectivity index (χ1n) is 10.8. The number of hydrogen-bond acceptors (Lipinski definition) is 6. The highest BCUT2D eigenvalue weighted by Gasteiger charge is 2.56. The summed E-state index contributed by atoms with van der Waals surface area (Å²) in [6.45, 7) is 0.431. The second-order valence-electron chi connectivity index (χ2n) is 8.45. The third-order valence-corrected chi connectivity index (χ3v) is 6.40. The minimum atomic E-state index is -0.649. The fourth-order valence-electron chi connectivity index (χ4n) is 4.52. The number of amidine groups is 1. The quantitative estimate of drug-likeness (QED) is 0.293. The van der Waals surface area contributed by atoms with Crippen molar-refractivity contribution in [3.05, 3.63) is 71.0 Å². The van der Waals surface area contributed by atoms with Crippen LogP contribution in [0.1, 0.15) is 44.9 Å². The summed E-state index contributed by atoms with van der Waals surface area (Å²) in [5.41, 5.74) is 10.9. The number of rotatable bonds is 6. The van der Waals surface area contributed by atoms with Crippen molar-refractivity contribution in [2.24, 2.45) is 5.73 Å². The lowest BCUT2D eigenvalue weighted by Crippen LogP contribution is -2.44. The normalized spacial score (nSPS) is 15.7. The largest absolute Gasteiger partial charge is 0.497 e. The minimum absolute atomic E-state index is 0.114. The zero-order valence-corrected chi connectivity index (χ0v) is 18.8. The fourth-order valence-corrected chi connectivity index (χ4v) is 4.52. The number of aromatic nitrogens is 2. The summed E-state index contributed by atoms with van der Waals surface area (Å²) >= 11 is 0. The van der Waals surface area contributed by atoms with Crippen LogP contribution < -0.4 is 20.9 Å². The number of hydrogen-bond donors (Lipinski definition) is 3. The maximum atomic E-state index is 13.8. The fraction of sp³-hybridized carbons (Fsp3) is 0.250. The van der Waals surface area contributed by atoms with Crippen LogP contribution in [0.2, 0.25) is 0 Å². The van der Waals surface area contributed by atoms with Crippen molar-refractivity contribution in [2.45, 2.75) is 18.3 Å². The Labute approximate surface area is 195 Å². The first-order valence-corrected chi connectivity index (χ1v) is 10.8. The van der Waals surface area contributed by atoms with Crippen molar-refractivity contribution in [3.8, 4) is 11.4 Å². The molecule has 2 heterocycles. The van der Waals surface area contributed by atoms with Gasteiger partial charge in [0.15, 0.2) is 5.69 Å². The number of nitrogens with one attached hydrogen (secondary N) is 2. The summed E-state index contributed by atoms with van der Waals surface area (Å²) in [7, 11) is 3.01. The molecule has 1 spiro atoms. The van der Waals surface area contributed by atoms with Crippen molar-refractivity contribution >= 4 is 23.3 Å². The summed E-state index contributed by atoms with van der Waals surface area (Å²) in [6, 6.07) is 14.2. The maximum absolute atomic E-state index is 13.8. The van der Waals surface area contributed by atoms with E-state index in [9.17, 15) is 9.59 Å². The maximum Gasteiger partial charge on any atom is 0.277 e. The van der Waals surface area contributed by atoms with Crippen LogP contribution in [0.4, 0.5) is 5.69 Å². The molecule has 0 unspecified atom stereocenters. The Morgan fingerprint density at radius 1 is 1.09 bits per heavy atom. The van der Waals surface area contributed by atoms with Gasteiger partial charge in [0, 0.05) is 28.8 Å². The van der Waals surface area contributed by atoms with Gasteiger partial charge in [-0.25, -0.2) is 10.2 Å². The number of nitrogens with two attached hydrogens (primary N) is 1. The highest BCUT2D eigenvalue weighted by Crippen LogP contribution is 2.54. The van der Waals surface area contributed by atoms with Gasteiger partial charge in [0.25, 0.3) is 11.8 Å². The van der Waals surface area contributed by atoms with Crippen LogP contribution in [0.15, 0.2) is 48.5 Å². The summed E-state index contributed by atoms with van der Waals surface area (Å²) in [5.74, 6) is -0.130. The number of carbonyl (C=O) groups is 2. The molecule has 10 heteroatoms. The minimum Gasteiger partial charge on any atom is -0.497 e. The van der Waals surface area contributed by atoms with Crippen molar-refractivity contribution in [1.29, 1.82) is 5.41 Å². The first-order chi connectivity index (χ1) is 16.4. The topological polar surface area (TPSA) is 136 Å². The Morgan fingerprint density at radius 3 is 2.29 bits per heavy atom. The third kappa shape index (κ3) is 3.39. The summed E-state index contributed by atoms with van der Waals surface area (Å²) in [6.07, 6.45) is 1.66. The second-order valence-corrected chi connectivity index (χ2v) is 8.45. The Hall–Kier alpha value is -4.18. The second kappa shape index (κ2) is 7.99. The van der Waals surface area contributed by atoms with Gasteiger partial charge >= 0.3 is 0 Å². The third-order valence-electron chi connectivity index (χ3n) is 6.40. The highest BCUT2D eigenvalue weighted by atomic mass is 16.6. The van der Waals surface area contributed by atoms with Crippen LogP contribution >= 0.6 is 0 Å². The number of anilines is 1. The molecule has 0 radical (unpaired) electrons. The van der Waals surface area contributed by atoms with Crippen LogP contribution in [0.5, 0.6) is 5.75 Å². The lowest BCUT2D eigenvalue weighted by molar-refractivity contribution is 0.0966. The number of carbonyl (C=O) groups excluding carboxylic acids is 2. The number of methoxy groups -OCH3 is 1. The van der Waals surface area contributed by atoms with Gasteiger partial charge < -0.3 is 15.4 Å². The van der Waals surface area contributed by atoms with E-state index >= 15 is 0 Å². The molecule has 1 aliphatic carbocycles. The molecule has 174 valence electrons. The van der Waals surface area contributed by atoms with Crippen LogP contribution in [0.3, 0.4) is 0 Å². The van der Waals surface area contributed by atoms with E-state index in [4.69, 9.17) is 20.7 Å². The molecule has 0 atom stereocenters. The molecule has 10 nitrogen and oxygen atoms in total. The zero-order valence-electron chi connectivity index (χ0n) is 18.8. The van der Waals surface area contributed by atoms with Crippen molar-refractivity contribution in [2.75, 3.05) is 25.7 Å². The molecule has 1 aromatic heterocycles. The monoisotopic (exact) mass is 460 g/mol. The molecular formula is C24H24N6O4. The van der Waals surface area contributed by atoms with E-state index in [-0.39, 0.29) is 22.9 Å². The van der Waals surface area contributed by atoms with Gasteiger partial charge in [-0.3, -0.25) is 19.8 Å². The SMILES string of the molecule is CONC(=N)c1ccc(N2CC3(CC3)c3c(C(N)=O)nn(-c4ccc(OC)cc4)c3C2=O)cc1. The number of amides is 2. The van der Waals surface area contributed by atoms with Crippen molar-refractivity contribution in [3.63, 3.8) is 0 Å². The highest BCUT2D eigenvalue weighted by molar-refractivity contribution is 6.11. The van der Waals surface area contributed by atoms with E-state index in [1.54, 1.807) is 60.5 Å². The van der Waals surface area contributed by atoms with Crippen LogP contribution in [0, 0.1) is 5.41 Å². The van der Waals surface area contributed by atoms with Gasteiger partial charge in [-0.1, -0.05) is 0 Å². The Balaban J connectivity index is 1.60. The van der Waals surface area contributed by atoms with Crippen LogP contribution in [-0.4, -0.2) is 48.2 Å². The molecule has 3 aromatic rings. The molecule has 1 fully saturated rings. The predicted molar refractivity (Wildman–Crippen MR) is 125 cm³/mol. The molecule has 34 heavy (non-hydrogen) atoms. The van der Waals surface area contributed by atoms with Crippen molar-refractivity contribution in [1.82, 2.24) is 15.3 Å². The molecule has 2 aliphatic rings. The lowest BCUT2D eigenvalue weighted by atomic mass is 9.88. The van der Waals surface area contributed by atoms with Crippen LogP contribution in [0.25, 0.3) is 5.69 Å². The number of hydroxylamine groups is 1. The molecule has 2 amide bonds. The molecule has 0 saturated heterocycles. The average Bonchev–Trinajstić information content (AvgIpc) is 3.49. The molecular weight excluding hydrogens is 436 g/mol. The molecule has 5 rings (SSSR count). The molecule has 4 N–H and O–H groups in total. The molecule has 1 aliphatic heterocycles. The van der Waals surface area contributed by atoms with Gasteiger partial charge in [0.05, 0.1) is 19.9 Å². The average molecular weight is 460 g/mol. The lowest BCUT2D eigenvalue weighted by Gasteiger charge is -2.33. The summed E-state index contributed by atoms with van der Waals surface area (Å²) in [5, 5.41) is 12.5. The van der Waals surface area contributed by atoms with E-state index in [0.29, 0.717) is 40.5 Å². The van der Waals surface area contributed by atoms with E-state index in [1.807, 2.05) is 0 Å². The Morgan fingerprint density at radius 2 is 1.74 bits per heavy atom. The van der Waals surface area contributed by atoms with E-state index in [1.165, 1.54) is 11.8 Å². The number of ether oxygens (including phenoxy) is 1. The van der Waals surface area contributed by atoms with Gasteiger partial charge in [-0.05, 0) is 61.4 Å². The van der Waals surface area contributed by atoms with Gasteiger partial charge in [-0.2, -0.15) is 5.10 Å². The summed E-state index contributed by atoms with van der Waals surface area (Å²) < 4.78 is 6.75. The number of fused-ring (bicyclic) bond motifs is 2. The van der Waals surface area contributed by atoms with Crippen molar-refractivity contribution < 1.29 is 19.2 Å². The zero-order chi connectivity index (χ0) is 24.0. The number of benzene rings is 2. The molecule has 0 bridgehead atoms. The number of primary amides is 1. The number of nitrogens with zero attached hydrogens (tertiary/aromatic N) is 3. The van der Waals surface area contributed by atoms with E-state index in [2.05, 4.69) is 10.6 Å². The van der Waals surface area contributed by atoms with E-state index in [0.717, 1.165) is 12.8 Å². The van der Waals surface area contributed by atoms with Gasteiger partial charge in [-0.15, -0.1) is 0 Å². The van der Waals surface area contributed by atoms with Gasteiger partial charge in [0.2, 0.25) is 0 Å². The summed E-state index contributed by atoms with van der Waals surface area (Å²) in [4.78, 5) is 32.6. The smallest absolute Gasteiger partial charge is 0.277 e. The van der Waals surface area contributed by atoms with E-state index < -0.39 is 5.91 Å². The molecule has 2 aromatic carbocycles. The van der Waals surface area contributed by atoms with Gasteiger partial charge in [0.1, 0.15) is 17.3 Å². The molecule has 1 saturated carbocycles.